The number of carbonyl (C=O) groups is 2. The first-order valence-corrected chi connectivity index (χ1v) is 7.92. The van der Waals surface area contributed by atoms with Crippen LogP contribution in [0.3, 0.4) is 0 Å². The van der Waals surface area contributed by atoms with Crippen LogP contribution in [0, 0.1) is 0 Å². The van der Waals surface area contributed by atoms with Crippen LogP contribution in [0.5, 0.6) is 0 Å². The Balaban J connectivity index is 3.86. The summed E-state index contributed by atoms with van der Waals surface area (Å²) >= 11 is -0.235. The van der Waals surface area contributed by atoms with Crippen molar-refractivity contribution in [3.63, 3.8) is 0 Å². The van der Waals surface area contributed by atoms with E-state index in [4.69, 9.17) is 19.6 Å². The molecule has 0 saturated carbocycles. The number of rotatable bonds is 6. The molecule has 0 amide bonds. The summed E-state index contributed by atoms with van der Waals surface area (Å²) in [6.07, 6.45) is -2.40. The van der Waals surface area contributed by atoms with Crippen molar-refractivity contribution in [3.05, 3.63) is 0 Å². The van der Waals surface area contributed by atoms with Crippen molar-refractivity contribution in [1.82, 2.24) is 0 Å². The van der Waals surface area contributed by atoms with Crippen molar-refractivity contribution in [3.8, 4) is 0 Å². The number of carbonyl (C=O) groups excluding carboxylic acids is 2. The van der Waals surface area contributed by atoms with Crippen molar-refractivity contribution in [1.29, 1.82) is 0 Å². The van der Waals surface area contributed by atoms with Gasteiger partial charge in [-0.05, 0) is 0 Å². The highest BCUT2D eigenvalue weighted by Crippen LogP contribution is 2.35. The molecular formula is C4H8O10P2S. The summed E-state index contributed by atoms with van der Waals surface area (Å²) in [7, 11) is -9.14. The summed E-state index contributed by atoms with van der Waals surface area (Å²) in [5, 5.41) is 0. The maximum Gasteiger partial charge on any atom is 0.336 e. The van der Waals surface area contributed by atoms with E-state index < -0.39 is 39.5 Å². The molecule has 10 nitrogen and oxygen atoms in total. The molecule has 0 aromatic heterocycles. The molecule has 0 aromatic carbocycles. The first kappa shape index (κ1) is 16.6. The normalized spacial score (nSPS) is 12.0. The molecule has 0 unspecified atom stereocenters. The second kappa shape index (κ2) is 6.50. The van der Waals surface area contributed by atoms with Crippen molar-refractivity contribution >= 4 is 39.5 Å². The molecule has 0 aliphatic heterocycles. The number of hydrogen-bond acceptors (Lipinski definition) is 7. The second-order valence-electron chi connectivity index (χ2n) is 2.62. The van der Waals surface area contributed by atoms with Crippen molar-refractivity contribution < 1.29 is 46.7 Å². The lowest BCUT2D eigenvalue weighted by atomic mass is 10.8. The van der Waals surface area contributed by atoms with E-state index in [2.05, 4.69) is 8.37 Å². The van der Waals surface area contributed by atoms with Crippen LogP contribution in [0.15, 0.2) is 0 Å². The molecule has 0 atom stereocenters. The topological polar surface area (TPSA) is 168 Å². The molecule has 0 fully saturated rings. The monoisotopic (exact) mass is 310 g/mol. The Hall–Kier alpha value is -0.410. The minimum Gasteiger partial charge on any atom is -0.354 e. The lowest BCUT2D eigenvalue weighted by Gasteiger charge is -2.04. The highest BCUT2D eigenvalue weighted by Gasteiger charge is 2.23. The van der Waals surface area contributed by atoms with Crippen LogP contribution in [0.2, 0.25) is 0 Å². The Kier molecular flexibility index (Phi) is 6.35. The highest BCUT2D eigenvalue weighted by molar-refractivity contribution is 7.90. The third-order valence-electron chi connectivity index (χ3n) is 0.924. The molecule has 0 saturated heterocycles. The van der Waals surface area contributed by atoms with Gasteiger partial charge in [-0.2, -0.15) is 0 Å². The lowest BCUT2D eigenvalue weighted by Crippen LogP contribution is -2.09. The van der Waals surface area contributed by atoms with Crippen LogP contribution >= 0.6 is 27.5 Å². The Bertz CT molecular complexity index is 344. The molecule has 0 aromatic rings. The van der Waals surface area contributed by atoms with Gasteiger partial charge in [0.25, 0.3) is 12.3 Å². The summed E-state index contributed by atoms with van der Waals surface area (Å²) < 4.78 is 28.6. The van der Waals surface area contributed by atoms with Crippen molar-refractivity contribution in [2.75, 3.05) is 12.3 Å². The molecular weight excluding hydrogens is 302 g/mol. The van der Waals surface area contributed by atoms with Crippen LogP contribution in [0.25, 0.3) is 0 Å². The van der Waals surface area contributed by atoms with E-state index in [1.54, 1.807) is 0 Å². The van der Waals surface area contributed by atoms with E-state index in [0.29, 0.717) is 0 Å². The van der Waals surface area contributed by atoms with Gasteiger partial charge in [-0.15, -0.1) is 0 Å². The van der Waals surface area contributed by atoms with Crippen LogP contribution in [-0.4, -0.2) is 43.8 Å². The first-order chi connectivity index (χ1) is 7.49. The van der Waals surface area contributed by atoms with Gasteiger partial charge in [0.1, 0.15) is 12.3 Å². The Morgan fingerprint density at radius 3 is 1.41 bits per heavy atom. The molecule has 17 heavy (non-hydrogen) atoms. The first-order valence-electron chi connectivity index (χ1n) is 3.65. The second-order valence-corrected chi connectivity index (χ2v) is 6.38. The summed E-state index contributed by atoms with van der Waals surface area (Å²) in [5.41, 5.74) is 0. The fourth-order valence-corrected chi connectivity index (χ4v) is 1.76. The Labute approximate surface area is 99.0 Å². The SMILES string of the molecule is O=C(CP(=O)(O)O)OSOC(=O)CP(=O)(O)O. The lowest BCUT2D eigenvalue weighted by molar-refractivity contribution is -0.133. The van der Waals surface area contributed by atoms with Crippen LogP contribution < -0.4 is 0 Å². The summed E-state index contributed by atoms with van der Waals surface area (Å²) in [5.74, 6) is -2.68. The van der Waals surface area contributed by atoms with Gasteiger partial charge >= 0.3 is 27.1 Å². The van der Waals surface area contributed by atoms with Gasteiger partial charge in [-0.3, -0.25) is 18.7 Å². The van der Waals surface area contributed by atoms with E-state index in [0.717, 1.165) is 0 Å². The molecule has 0 bridgehead atoms. The zero-order valence-corrected chi connectivity index (χ0v) is 10.6. The predicted molar refractivity (Wildman–Crippen MR) is 53.6 cm³/mol. The average Bonchev–Trinajstić information content (AvgIpc) is 1.95. The van der Waals surface area contributed by atoms with E-state index in [-0.39, 0.29) is 12.3 Å². The molecule has 0 spiro atoms. The Morgan fingerprint density at radius 2 is 1.18 bits per heavy atom. The maximum absolute atomic E-state index is 10.6. The van der Waals surface area contributed by atoms with E-state index in [1.165, 1.54) is 0 Å². The fourth-order valence-electron chi connectivity index (χ4n) is 0.482. The maximum atomic E-state index is 10.6. The van der Waals surface area contributed by atoms with Gasteiger partial charge in [0.15, 0.2) is 0 Å². The molecule has 4 N–H and O–H groups in total. The molecule has 0 aliphatic rings. The summed E-state index contributed by atoms with van der Waals surface area (Å²) in [4.78, 5) is 54.6. The van der Waals surface area contributed by atoms with Crippen LogP contribution in [0.4, 0.5) is 0 Å². The van der Waals surface area contributed by atoms with E-state index in [1.807, 2.05) is 0 Å². The third kappa shape index (κ3) is 11.8. The van der Waals surface area contributed by atoms with E-state index in [9.17, 15) is 18.7 Å². The molecule has 0 aliphatic carbocycles. The van der Waals surface area contributed by atoms with Crippen molar-refractivity contribution in [2.24, 2.45) is 0 Å². The molecule has 0 radical (unpaired) electrons. The third-order valence-corrected chi connectivity index (χ3v) is 2.77. The van der Waals surface area contributed by atoms with Gasteiger partial charge in [0, 0.05) is 0 Å². The predicted octanol–water partition coefficient (Wildman–Crippen LogP) is -1.01. The van der Waals surface area contributed by atoms with E-state index >= 15 is 0 Å². The molecule has 13 heteroatoms. The minimum absolute atomic E-state index is 0.235. The van der Waals surface area contributed by atoms with Crippen LogP contribution in [0.1, 0.15) is 0 Å². The van der Waals surface area contributed by atoms with Gasteiger partial charge in [0.05, 0.1) is 0 Å². The van der Waals surface area contributed by atoms with Gasteiger partial charge in [0.2, 0.25) is 0 Å². The quantitative estimate of drug-likeness (QED) is 0.350. The molecule has 0 rings (SSSR count). The summed E-state index contributed by atoms with van der Waals surface area (Å²) in [6, 6.07) is 0. The largest absolute Gasteiger partial charge is 0.354 e. The van der Waals surface area contributed by atoms with Gasteiger partial charge in [-0.1, -0.05) is 0 Å². The molecule has 0 heterocycles. The fraction of sp³-hybridized carbons (Fsp3) is 0.500. The minimum atomic E-state index is -4.57. The van der Waals surface area contributed by atoms with Crippen LogP contribution in [-0.2, 0) is 27.1 Å². The van der Waals surface area contributed by atoms with Gasteiger partial charge < -0.3 is 27.9 Å². The summed E-state index contributed by atoms with van der Waals surface area (Å²) in [6.45, 7) is 0. The molecule has 100 valence electrons. The Morgan fingerprint density at radius 1 is 0.882 bits per heavy atom. The standard InChI is InChI=1S/C4H8O10P2S/c5-3(1-15(7,8)9)13-17-14-4(6)2-16(10,11)12/h1-2H2,(H2,7,8,9)(H2,10,11,12). The average molecular weight is 310 g/mol. The van der Waals surface area contributed by atoms with Crippen molar-refractivity contribution in [2.45, 2.75) is 0 Å². The van der Waals surface area contributed by atoms with Gasteiger partial charge in [-0.25, -0.2) is 0 Å². The zero-order valence-electron chi connectivity index (χ0n) is 7.96. The zero-order chi connectivity index (χ0) is 13.7. The smallest absolute Gasteiger partial charge is 0.336 e. The number of hydrogen-bond donors (Lipinski definition) is 4. The highest BCUT2D eigenvalue weighted by atomic mass is 32.2.